The number of methoxy groups -OCH3 is 1. The van der Waals surface area contributed by atoms with Gasteiger partial charge >= 0.3 is 6.09 Å². The number of carbonyl (C=O) groups is 3. The highest BCUT2D eigenvalue weighted by atomic mass is 35.5. The Morgan fingerprint density at radius 1 is 1.13 bits per heavy atom. The van der Waals surface area contributed by atoms with E-state index in [1.54, 1.807) is 59.5 Å². The molecule has 2 atom stereocenters. The van der Waals surface area contributed by atoms with Gasteiger partial charge in [-0.15, -0.1) is 10.2 Å². The van der Waals surface area contributed by atoms with Gasteiger partial charge < -0.3 is 20.1 Å². The average Bonchev–Trinajstić information content (AvgIpc) is 3.73. The van der Waals surface area contributed by atoms with Gasteiger partial charge in [0.1, 0.15) is 6.33 Å². The molecule has 45 heavy (non-hydrogen) atoms. The lowest BCUT2D eigenvalue weighted by atomic mass is 10.0. The smallest absolute Gasteiger partial charge is 0.411 e. The third-order valence-electron chi connectivity index (χ3n) is 6.96. The first-order valence-electron chi connectivity index (χ1n) is 13.7. The monoisotopic (exact) mass is 651 g/mol. The van der Waals surface area contributed by atoms with Gasteiger partial charge in [-0.2, -0.15) is 9.78 Å². The zero-order valence-electron chi connectivity index (χ0n) is 23.8. The Hall–Kier alpha value is -4.92. The summed E-state index contributed by atoms with van der Waals surface area (Å²) in [4.78, 5) is 39.5. The second-order valence-corrected chi connectivity index (χ2v) is 10.8. The minimum absolute atomic E-state index is 0.0995. The van der Waals surface area contributed by atoms with Crippen LogP contribution in [0.2, 0.25) is 10.2 Å². The molecule has 232 valence electrons. The first-order valence-corrected chi connectivity index (χ1v) is 14.4. The molecule has 3 amide bonds. The Labute approximate surface area is 267 Å². The van der Waals surface area contributed by atoms with Crippen molar-refractivity contribution in [3.8, 4) is 16.8 Å². The number of amides is 3. The van der Waals surface area contributed by atoms with Gasteiger partial charge in [-0.3, -0.25) is 14.9 Å². The molecule has 1 aliphatic rings. The Balaban J connectivity index is 1.41. The van der Waals surface area contributed by atoms with Gasteiger partial charge in [-0.05, 0) is 64.9 Å². The largest absolute Gasteiger partial charge is 0.453 e. The Kier molecular flexibility index (Phi) is 9.97. The van der Waals surface area contributed by atoms with Crippen molar-refractivity contribution in [2.45, 2.75) is 25.0 Å². The van der Waals surface area contributed by atoms with E-state index in [4.69, 9.17) is 23.2 Å². The topological polar surface area (TPSA) is 177 Å². The number of aromatic nitrogens is 6. The number of halogens is 2. The molecule has 5 rings (SSSR count). The maximum atomic E-state index is 13.2. The number of benzene rings is 2. The van der Waals surface area contributed by atoms with Crippen LogP contribution in [0.3, 0.4) is 0 Å². The number of nitrogens with one attached hydrogen (secondary N) is 2. The third-order valence-corrected chi connectivity index (χ3v) is 7.48. The van der Waals surface area contributed by atoms with E-state index in [2.05, 4.69) is 41.1 Å². The number of aliphatic hydroxyl groups excluding tert-OH is 1. The van der Waals surface area contributed by atoms with Crippen molar-refractivity contribution in [2.24, 2.45) is 0 Å². The summed E-state index contributed by atoms with van der Waals surface area (Å²) in [5, 5.41) is 35.4. The predicted octanol–water partition coefficient (Wildman–Crippen LogP) is 3.46. The highest BCUT2D eigenvalue weighted by molar-refractivity contribution is 6.32. The Morgan fingerprint density at radius 3 is 2.62 bits per heavy atom. The molecule has 1 aliphatic heterocycles. The van der Waals surface area contributed by atoms with Crippen LogP contribution in [0.4, 0.5) is 10.5 Å². The van der Waals surface area contributed by atoms with Crippen molar-refractivity contribution in [3.63, 3.8) is 0 Å². The first kappa shape index (κ1) is 31.5. The fraction of sp³-hybridized carbons (Fsp3) is 0.241. The predicted molar refractivity (Wildman–Crippen MR) is 164 cm³/mol. The number of rotatable bonds is 9. The summed E-state index contributed by atoms with van der Waals surface area (Å²) < 4.78 is 6.05. The van der Waals surface area contributed by atoms with Crippen molar-refractivity contribution >= 4 is 52.9 Å². The van der Waals surface area contributed by atoms with E-state index in [1.807, 2.05) is 0 Å². The van der Waals surface area contributed by atoms with Gasteiger partial charge in [0.15, 0.2) is 5.15 Å². The lowest BCUT2D eigenvalue weighted by Gasteiger charge is -2.22. The summed E-state index contributed by atoms with van der Waals surface area (Å²) in [6, 6.07) is 12.6. The minimum atomic E-state index is -0.894. The van der Waals surface area contributed by atoms with Gasteiger partial charge in [0.25, 0.3) is 0 Å². The van der Waals surface area contributed by atoms with E-state index in [0.717, 1.165) is 0 Å². The summed E-state index contributed by atoms with van der Waals surface area (Å²) in [7, 11) is 1.26. The quantitative estimate of drug-likeness (QED) is 0.227. The lowest BCUT2D eigenvalue weighted by Crippen LogP contribution is -2.35. The third kappa shape index (κ3) is 7.98. The van der Waals surface area contributed by atoms with Crippen molar-refractivity contribution in [1.29, 1.82) is 0 Å². The number of carbonyl (C=O) groups excluding carboxylic acids is 3. The van der Waals surface area contributed by atoms with Crippen LogP contribution < -0.4 is 10.6 Å². The van der Waals surface area contributed by atoms with Gasteiger partial charge in [0.2, 0.25) is 11.8 Å². The zero-order chi connectivity index (χ0) is 31.9. The summed E-state index contributed by atoms with van der Waals surface area (Å²) in [6.45, 7) is 0.607. The van der Waals surface area contributed by atoms with E-state index >= 15 is 0 Å². The number of nitrogens with zero attached hydrogens (tertiary/aromatic N) is 7. The molecule has 1 unspecified atom stereocenters. The molecule has 0 radical (unpaired) electrons. The molecule has 2 aromatic carbocycles. The zero-order valence-corrected chi connectivity index (χ0v) is 25.3. The molecule has 0 spiro atoms. The highest BCUT2D eigenvalue weighted by Gasteiger charge is 2.28. The number of ether oxygens (including phenoxy) is 1. The van der Waals surface area contributed by atoms with Crippen molar-refractivity contribution in [3.05, 3.63) is 82.4 Å². The summed E-state index contributed by atoms with van der Waals surface area (Å²) in [5.74, 6) is -0.790. The molecular formula is C29H27Cl2N9O5. The SMILES string of the molecule is COC(=O)Nc1ccc(-c2cc(C(CC(=O)N3CC[C@@H](O)C3)NC(=O)C=Cc3cc(Cl)ccc3-n3cnnn3)nnc2Cl)cc1. The van der Waals surface area contributed by atoms with Gasteiger partial charge in [-0.1, -0.05) is 35.3 Å². The molecule has 1 fully saturated rings. The molecule has 1 saturated heterocycles. The number of anilines is 1. The number of aliphatic hydroxyl groups is 1. The van der Waals surface area contributed by atoms with Crippen LogP contribution >= 0.6 is 23.2 Å². The maximum Gasteiger partial charge on any atom is 0.411 e. The molecule has 0 aliphatic carbocycles. The maximum absolute atomic E-state index is 13.2. The van der Waals surface area contributed by atoms with Crippen LogP contribution in [-0.4, -0.2) is 84.6 Å². The van der Waals surface area contributed by atoms with Crippen LogP contribution in [0.5, 0.6) is 0 Å². The fourth-order valence-electron chi connectivity index (χ4n) is 4.69. The molecule has 16 heteroatoms. The number of β-amino-alcohol motifs (C(OH)–C–C–N with tert-alkyl or cyclic N) is 1. The van der Waals surface area contributed by atoms with Crippen molar-refractivity contribution in [1.82, 2.24) is 40.6 Å². The van der Waals surface area contributed by atoms with Gasteiger partial charge in [-0.25, -0.2) is 4.79 Å². The summed E-state index contributed by atoms with van der Waals surface area (Å²) in [5.41, 5.74) is 3.10. The lowest BCUT2D eigenvalue weighted by molar-refractivity contribution is -0.131. The number of hydrogen-bond donors (Lipinski definition) is 3. The second-order valence-electron chi connectivity index (χ2n) is 10.0. The van der Waals surface area contributed by atoms with E-state index in [9.17, 15) is 19.5 Å². The van der Waals surface area contributed by atoms with Crippen LogP contribution in [0.15, 0.2) is 60.9 Å². The Bertz CT molecular complexity index is 1720. The van der Waals surface area contributed by atoms with E-state index in [-0.39, 0.29) is 29.7 Å². The normalized spacial score (nSPS) is 15.2. The summed E-state index contributed by atoms with van der Waals surface area (Å²) >= 11 is 12.6. The van der Waals surface area contributed by atoms with Crippen LogP contribution in [0, 0.1) is 0 Å². The highest BCUT2D eigenvalue weighted by Crippen LogP contribution is 2.30. The average molecular weight is 652 g/mol. The fourth-order valence-corrected chi connectivity index (χ4v) is 5.07. The molecular weight excluding hydrogens is 625 g/mol. The number of likely N-dealkylation sites (tertiary alicyclic amines) is 1. The molecule has 0 saturated carbocycles. The number of tetrazole rings is 1. The molecule has 0 bridgehead atoms. The van der Waals surface area contributed by atoms with Crippen LogP contribution in [-0.2, 0) is 14.3 Å². The van der Waals surface area contributed by atoms with Gasteiger partial charge in [0, 0.05) is 41.0 Å². The van der Waals surface area contributed by atoms with Crippen LogP contribution in [0.25, 0.3) is 22.9 Å². The Morgan fingerprint density at radius 2 is 1.93 bits per heavy atom. The second kappa shape index (κ2) is 14.2. The van der Waals surface area contributed by atoms with Crippen LogP contribution in [0.1, 0.15) is 30.1 Å². The van der Waals surface area contributed by atoms with E-state index in [0.29, 0.717) is 46.1 Å². The minimum Gasteiger partial charge on any atom is -0.453 e. The standard InChI is InChI=1S/C29H27Cl2N9O5/c1-45-29(44)33-20-6-2-17(3-7-20)22-13-24(35-36-28(22)31)23(14-27(43)39-11-10-21(41)15-39)34-26(42)9-4-18-12-19(30)5-8-25(18)40-16-32-37-38-40/h2-9,12-13,16,21,23,41H,10-11,14-15H2,1H3,(H,33,44)(H,34,42)/t21-,23?/m1/s1. The molecule has 3 N–H and O–H groups in total. The van der Waals surface area contributed by atoms with Crippen molar-refractivity contribution in [2.75, 3.05) is 25.5 Å². The number of hydrogen-bond acceptors (Lipinski definition) is 10. The molecule has 4 aromatic rings. The molecule has 2 aromatic heterocycles. The first-order chi connectivity index (χ1) is 21.7. The van der Waals surface area contributed by atoms with E-state index in [1.165, 1.54) is 24.2 Å². The molecule has 3 heterocycles. The molecule has 14 nitrogen and oxygen atoms in total. The van der Waals surface area contributed by atoms with Gasteiger partial charge in [0.05, 0.1) is 37.1 Å². The van der Waals surface area contributed by atoms with Crippen molar-refractivity contribution < 1.29 is 24.2 Å². The summed E-state index contributed by atoms with van der Waals surface area (Å²) in [6.07, 6.45) is 3.38. The van der Waals surface area contributed by atoms with E-state index < -0.39 is 24.1 Å².